The average Bonchev–Trinajstić information content (AvgIpc) is 3.35. The number of amidine groups is 1. The second-order valence-corrected chi connectivity index (χ2v) is 19.1. The van der Waals surface area contributed by atoms with E-state index in [0.29, 0.717) is 11.5 Å². The van der Waals surface area contributed by atoms with Crippen molar-refractivity contribution in [3.63, 3.8) is 0 Å². The van der Waals surface area contributed by atoms with E-state index in [1.165, 1.54) is 62.9 Å². The van der Waals surface area contributed by atoms with Crippen molar-refractivity contribution in [3.05, 3.63) is 57.6 Å². The zero-order valence-electron chi connectivity index (χ0n) is 35.8. The number of aromatic hydroxyl groups is 2. The molecule has 10 heteroatoms. The van der Waals surface area contributed by atoms with Crippen molar-refractivity contribution in [2.24, 2.45) is 9.98 Å². The number of hydrogen-bond donors (Lipinski definition) is 4. The van der Waals surface area contributed by atoms with E-state index in [4.69, 9.17) is 25.0 Å². The van der Waals surface area contributed by atoms with Crippen molar-refractivity contribution in [1.82, 2.24) is 4.90 Å². The number of phenols is 2. The summed E-state index contributed by atoms with van der Waals surface area (Å²) < 4.78 is 2.65. The summed E-state index contributed by atoms with van der Waals surface area (Å²) in [6.07, 6.45) is 15.7. The van der Waals surface area contributed by atoms with Crippen LogP contribution in [0.1, 0.15) is 166 Å². The molecule has 2 aromatic rings. The van der Waals surface area contributed by atoms with Gasteiger partial charge >= 0.3 is 6.16 Å². The van der Waals surface area contributed by atoms with E-state index in [2.05, 4.69) is 96.1 Å². The Morgan fingerprint density at radius 2 is 1.27 bits per heavy atom. The zero-order valence-corrected chi connectivity index (χ0v) is 37.1. The summed E-state index contributed by atoms with van der Waals surface area (Å²) in [6, 6.07) is 8.70. The van der Waals surface area contributed by atoms with E-state index in [1.54, 1.807) is 5.84 Å². The molecular formula is C46H71CrN4O5+. The minimum Gasteiger partial charge on any atom is -0.507 e. The number of carbonyl (C=O) groups is 1. The molecule has 310 valence electrons. The van der Waals surface area contributed by atoms with Gasteiger partial charge in [-0.05, 0) is 96.4 Å². The topological polar surface area (TPSA) is 129 Å². The first-order valence-electron chi connectivity index (χ1n) is 20.8. The van der Waals surface area contributed by atoms with Gasteiger partial charge in [-0.25, -0.2) is 4.79 Å². The van der Waals surface area contributed by atoms with Crippen LogP contribution in [0.2, 0.25) is 0 Å². The van der Waals surface area contributed by atoms with E-state index < -0.39 is 6.16 Å². The first-order chi connectivity index (χ1) is 25.8. The predicted molar refractivity (Wildman–Crippen MR) is 227 cm³/mol. The van der Waals surface area contributed by atoms with E-state index >= 15 is 0 Å². The van der Waals surface area contributed by atoms with Gasteiger partial charge in [-0.2, -0.15) is 0 Å². The van der Waals surface area contributed by atoms with Crippen molar-refractivity contribution in [1.29, 1.82) is 0 Å². The minimum atomic E-state index is -1.83. The number of aliphatic imine (C=N–C) groups is 2. The maximum absolute atomic E-state index is 11.6. The molecule has 4 N–H and O–H groups in total. The minimum absolute atomic E-state index is 0. The molecule has 1 aliphatic carbocycles. The van der Waals surface area contributed by atoms with Crippen molar-refractivity contribution < 1.29 is 47.2 Å². The summed E-state index contributed by atoms with van der Waals surface area (Å²) in [5, 5.41) is 36.9. The Labute approximate surface area is 348 Å². The summed E-state index contributed by atoms with van der Waals surface area (Å²) >= 11 is 0. The summed E-state index contributed by atoms with van der Waals surface area (Å²) in [4.78, 5) is 21.5. The molecule has 0 saturated heterocycles. The number of phenolic OH excluding ortho intramolecular Hbond substituents is 2. The monoisotopic (exact) mass is 811 g/mol. The van der Waals surface area contributed by atoms with Gasteiger partial charge in [0.1, 0.15) is 11.5 Å². The van der Waals surface area contributed by atoms with Crippen LogP contribution in [-0.4, -0.2) is 92.6 Å². The molecule has 2 unspecified atom stereocenters. The van der Waals surface area contributed by atoms with Gasteiger partial charge in [0.2, 0.25) is 5.84 Å². The molecule has 3 aliphatic rings. The molecule has 2 heterocycles. The van der Waals surface area contributed by atoms with Gasteiger partial charge in [-0.1, -0.05) is 87.3 Å². The fourth-order valence-corrected chi connectivity index (χ4v) is 8.08. The maximum Gasteiger partial charge on any atom is 0.503 e. The van der Waals surface area contributed by atoms with Gasteiger partial charge in [-0.3, -0.25) is 19.5 Å². The van der Waals surface area contributed by atoms with Gasteiger partial charge in [0.15, 0.2) is 0 Å². The van der Waals surface area contributed by atoms with E-state index in [-0.39, 0.29) is 45.7 Å². The van der Waals surface area contributed by atoms with Crippen LogP contribution in [-0.2, 0) is 40.0 Å². The van der Waals surface area contributed by atoms with Crippen LogP contribution in [0.25, 0.3) is 0 Å². The van der Waals surface area contributed by atoms with Crippen LogP contribution in [0.3, 0.4) is 0 Å². The molecular weight excluding hydrogens is 741 g/mol. The van der Waals surface area contributed by atoms with E-state index in [1.807, 2.05) is 12.4 Å². The summed E-state index contributed by atoms with van der Waals surface area (Å²) in [6.45, 7) is 24.6. The molecule has 1 fully saturated rings. The molecule has 0 bridgehead atoms. The van der Waals surface area contributed by atoms with Crippen molar-refractivity contribution >= 4 is 24.4 Å². The molecule has 9 nitrogen and oxygen atoms in total. The molecule has 0 amide bonds. The number of benzene rings is 2. The van der Waals surface area contributed by atoms with Crippen molar-refractivity contribution in [3.8, 4) is 11.5 Å². The third-order valence-corrected chi connectivity index (χ3v) is 11.4. The van der Waals surface area contributed by atoms with Crippen molar-refractivity contribution in [2.45, 2.75) is 168 Å². The number of unbranched alkanes of at least 4 members (excludes halogenated alkanes) is 1. The largest absolute Gasteiger partial charge is 0.507 e. The Hall–Kier alpha value is -3.35. The Kier molecular flexibility index (Phi) is 17.1. The predicted octanol–water partition coefficient (Wildman–Crippen LogP) is 10.1. The molecule has 2 aliphatic heterocycles. The molecule has 1 saturated carbocycles. The Balaban J connectivity index is 0.00000160. The average molecular weight is 812 g/mol. The fourth-order valence-electron chi connectivity index (χ4n) is 8.08. The Morgan fingerprint density at radius 1 is 0.732 bits per heavy atom. The number of nitrogens with zero attached hydrogens (tertiary/aromatic N) is 4. The van der Waals surface area contributed by atoms with Gasteiger partial charge in [-0.15, -0.1) is 0 Å². The van der Waals surface area contributed by atoms with E-state index in [9.17, 15) is 10.2 Å². The smallest absolute Gasteiger partial charge is 0.503 e. The Bertz CT molecular complexity index is 1710. The molecule has 0 aromatic heterocycles. The van der Waals surface area contributed by atoms with Gasteiger partial charge in [0, 0.05) is 59.3 Å². The molecule has 5 rings (SSSR count). The summed E-state index contributed by atoms with van der Waals surface area (Å²) in [5.41, 5.74) is 5.76. The molecule has 2 atom stereocenters. The molecule has 2 aromatic carbocycles. The third-order valence-electron chi connectivity index (χ3n) is 11.4. The quantitative estimate of drug-likeness (QED) is 0.113. The van der Waals surface area contributed by atoms with Crippen LogP contribution in [0, 0.1) is 0 Å². The van der Waals surface area contributed by atoms with Crippen LogP contribution < -0.4 is 0 Å². The second kappa shape index (κ2) is 20.4. The maximum atomic E-state index is 11.6. The standard InChI is InChI=1S/C45H68N4O2.CH2O3.Cr/c1-43(2,3)35-26-32(18-14-16-23-49-25-17-24-48-22-15-10-11-21-40(48)49)41(50)33(27-35)30-46-38-19-12-13-20-39(38)47-31-34-28-36(44(4,5)6)29-37(42(34)51)45(7,8)9;2-1(3)4;/h26-31,38-39H,10-25H2,1-9H3,(H-,46,47,50,51);(H2,2,3,4);/p+1. The van der Waals surface area contributed by atoms with Gasteiger partial charge < -0.3 is 20.4 Å². The first kappa shape index (κ1) is 47.0. The van der Waals surface area contributed by atoms with Crippen molar-refractivity contribution in [2.75, 3.05) is 26.2 Å². The third kappa shape index (κ3) is 13.4. The summed E-state index contributed by atoms with van der Waals surface area (Å²) in [5.74, 6) is 2.29. The van der Waals surface area contributed by atoms with Crippen LogP contribution in [0.15, 0.2) is 34.3 Å². The van der Waals surface area contributed by atoms with Crippen LogP contribution >= 0.6 is 0 Å². The number of rotatable bonds is 9. The second-order valence-electron chi connectivity index (χ2n) is 19.1. The van der Waals surface area contributed by atoms with Crippen LogP contribution in [0.4, 0.5) is 4.79 Å². The number of carboxylic acid groups (broad SMARTS) is 2. The number of hydrogen-bond acceptors (Lipinski definition) is 6. The zero-order chi connectivity index (χ0) is 40.6. The van der Waals surface area contributed by atoms with Gasteiger partial charge in [0.05, 0.1) is 38.3 Å². The summed E-state index contributed by atoms with van der Waals surface area (Å²) in [7, 11) is 0. The molecule has 0 spiro atoms. The van der Waals surface area contributed by atoms with Crippen LogP contribution in [0.5, 0.6) is 11.5 Å². The normalized spacial score (nSPS) is 19.6. The first-order valence-corrected chi connectivity index (χ1v) is 20.8. The molecule has 0 radical (unpaired) electrons. The SMILES string of the molecule is CC(C)(C)c1cc(C=NC2CCCCC2N=Cc2cc(C(C)(C)C)cc(C(C)(C)C)c2O)c(O)c(CCCCN2CCC[N+]3=C2CCCCC3)c1.O=C(O)O.[Cr]. The fraction of sp³-hybridized carbons (Fsp3) is 0.652. The van der Waals surface area contributed by atoms with E-state index in [0.717, 1.165) is 73.7 Å². The van der Waals surface area contributed by atoms with Gasteiger partial charge in [0.25, 0.3) is 0 Å². The number of aryl methyl sites for hydroxylation is 1. The molecule has 56 heavy (non-hydrogen) atoms. The Morgan fingerprint density at radius 3 is 1.82 bits per heavy atom.